The van der Waals surface area contributed by atoms with E-state index in [2.05, 4.69) is 18.8 Å². The molecule has 0 bridgehead atoms. The molecule has 1 aliphatic rings. The number of primary amides is 1. The molecule has 1 aromatic heterocycles. The summed E-state index contributed by atoms with van der Waals surface area (Å²) in [5, 5.41) is 0. The summed E-state index contributed by atoms with van der Waals surface area (Å²) in [5.74, 6) is 0.600. The molecule has 0 aliphatic carbocycles. The van der Waals surface area contributed by atoms with Crippen molar-refractivity contribution < 1.29 is 13.2 Å². The van der Waals surface area contributed by atoms with Crippen LogP contribution in [0.2, 0.25) is 0 Å². The molecular weight excluding hydrogens is 376 g/mol. The first kappa shape index (κ1) is 20.3. The Hall–Kier alpha value is -2.45. The Morgan fingerprint density at radius 1 is 1.11 bits per heavy atom. The smallest absolute Gasteiger partial charge is 0.250 e. The molecule has 8 heteroatoms. The number of hydrogen-bond acceptors (Lipinski definition) is 5. The highest BCUT2D eigenvalue weighted by molar-refractivity contribution is 7.89. The highest BCUT2D eigenvalue weighted by Gasteiger charge is 2.29. The van der Waals surface area contributed by atoms with Gasteiger partial charge in [0.25, 0.3) is 0 Å². The van der Waals surface area contributed by atoms with E-state index >= 15 is 0 Å². The van der Waals surface area contributed by atoms with Gasteiger partial charge in [-0.15, -0.1) is 0 Å². The van der Waals surface area contributed by atoms with Crippen LogP contribution in [0.5, 0.6) is 0 Å². The lowest BCUT2D eigenvalue weighted by molar-refractivity contribution is 0.1000. The predicted octanol–water partition coefficient (Wildman–Crippen LogP) is 2.20. The highest BCUT2D eigenvalue weighted by Crippen LogP contribution is 2.24. The maximum atomic E-state index is 12.9. The second kappa shape index (κ2) is 8.28. The molecule has 3 rings (SSSR count). The molecule has 2 heterocycles. The number of sulfonamides is 1. The Labute approximate surface area is 166 Å². The SMILES string of the molecule is CC[C@@H](C)c1ccc(S(=O)(=O)N2CCN(c3ccc(C(N)=O)cn3)CC2)cc1. The Morgan fingerprint density at radius 2 is 1.75 bits per heavy atom. The van der Waals surface area contributed by atoms with Crippen LogP contribution in [-0.2, 0) is 10.0 Å². The number of rotatable bonds is 6. The van der Waals surface area contributed by atoms with Crippen LogP contribution < -0.4 is 10.6 Å². The Kier molecular flexibility index (Phi) is 6.00. The average molecular weight is 403 g/mol. The van der Waals surface area contributed by atoms with Gasteiger partial charge < -0.3 is 10.6 Å². The lowest BCUT2D eigenvalue weighted by Gasteiger charge is -2.34. The van der Waals surface area contributed by atoms with Crippen LogP contribution in [0, 0.1) is 0 Å². The zero-order valence-corrected chi connectivity index (χ0v) is 17.0. The molecule has 0 saturated carbocycles. The first-order valence-electron chi connectivity index (χ1n) is 9.44. The van der Waals surface area contributed by atoms with E-state index in [-0.39, 0.29) is 0 Å². The van der Waals surface area contributed by atoms with Gasteiger partial charge in [-0.25, -0.2) is 13.4 Å². The molecule has 0 spiro atoms. The molecule has 1 fully saturated rings. The Bertz CT molecular complexity index is 919. The summed E-state index contributed by atoms with van der Waals surface area (Å²) in [4.78, 5) is 17.7. The van der Waals surface area contributed by atoms with Crippen molar-refractivity contribution >= 4 is 21.7 Å². The molecule has 28 heavy (non-hydrogen) atoms. The van der Waals surface area contributed by atoms with E-state index in [1.807, 2.05) is 17.0 Å². The van der Waals surface area contributed by atoms with Gasteiger partial charge in [-0.1, -0.05) is 26.0 Å². The number of piperazine rings is 1. The zero-order valence-electron chi connectivity index (χ0n) is 16.2. The number of pyridine rings is 1. The minimum absolute atomic E-state index is 0.330. The maximum Gasteiger partial charge on any atom is 0.250 e. The molecule has 2 N–H and O–H groups in total. The van der Waals surface area contributed by atoms with Crippen molar-refractivity contribution in [2.24, 2.45) is 5.73 Å². The van der Waals surface area contributed by atoms with Crippen molar-refractivity contribution in [3.05, 3.63) is 53.7 Å². The van der Waals surface area contributed by atoms with Crippen LogP contribution in [0.1, 0.15) is 42.1 Å². The van der Waals surface area contributed by atoms with Gasteiger partial charge in [0, 0.05) is 32.4 Å². The maximum absolute atomic E-state index is 12.9. The summed E-state index contributed by atoms with van der Waals surface area (Å²) in [6, 6.07) is 10.6. The zero-order chi connectivity index (χ0) is 20.3. The predicted molar refractivity (Wildman–Crippen MR) is 109 cm³/mol. The number of anilines is 1. The molecule has 1 aliphatic heterocycles. The lowest BCUT2D eigenvalue weighted by Crippen LogP contribution is -2.48. The third-order valence-corrected chi connectivity index (χ3v) is 7.21. The van der Waals surface area contributed by atoms with E-state index in [1.54, 1.807) is 24.3 Å². The minimum Gasteiger partial charge on any atom is -0.366 e. The van der Waals surface area contributed by atoms with Crippen LogP contribution in [0.3, 0.4) is 0 Å². The fourth-order valence-electron chi connectivity index (χ4n) is 3.23. The number of nitrogens with zero attached hydrogens (tertiary/aromatic N) is 3. The first-order chi connectivity index (χ1) is 13.3. The Morgan fingerprint density at radius 3 is 2.25 bits per heavy atom. The molecule has 1 amide bonds. The van der Waals surface area contributed by atoms with Crippen molar-refractivity contribution in [2.45, 2.75) is 31.1 Å². The second-order valence-electron chi connectivity index (χ2n) is 7.04. The summed E-state index contributed by atoms with van der Waals surface area (Å²) in [6.07, 6.45) is 2.46. The molecular formula is C20H26N4O3S. The van der Waals surface area contributed by atoms with Gasteiger partial charge in [0.05, 0.1) is 10.5 Å². The molecule has 1 aromatic carbocycles. The van der Waals surface area contributed by atoms with E-state index in [9.17, 15) is 13.2 Å². The van der Waals surface area contributed by atoms with Gasteiger partial charge in [-0.05, 0) is 42.2 Å². The normalized spacial score (nSPS) is 16.7. The van der Waals surface area contributed by atoms with Gasteiger partial charge in [0.15, 0.2) is 0 Å². The molecule has 2 aromatic rings. The molecule has 0 radical (unpaired) electrons. The third kappa shape index (κ3) is 4.18. The van der Waals surface area contributed by atoms with Crippen molar-refractivity contribution in [2.75, 3.05) is 31.1 Å². The summed E-state index contributed by atoms with van der Waals surface area (Å²) < 4.78 is 27.4. The lowest BCUT2D eigenvalue weighted by atomic mass is 9.99. The molecule has 1 atom stereocenters. The fourth-order valence-corrected chi connectivity index (χ4v) is 4.65. The number of nitrogens with two attached hydrogens (primary N) is 1. The van der Waals surface area contributed by atoms with Crippen LogP contribution in [0.15, 0.2) is 47.5 Å². The quantitative estimate of drug-likeness (QED) is 0.799. The van der Waals surface area contributed by atoms with Crippen LogP contribution >= 0.6 is 0 Å². The van der Waals surface area contributed by atoms with Crippen LogP contribution in [-0.4, -0.2) is 49.8 Å². The van der Waals surface area contributed by atoms with E-state index in [1.165, 1.54) is 10.5 Å². The number of carbonyl (C=O) groups excluding carboxylic acids is 1. The monoisotopic (exact) mass is 402 g/mol. The summed E-state index contributed by atoms with van der Waals surface area (Å²) >= 11 is 0. The van der Waals surface area contributed by atoms with E-state index in [0.29, 0.717) is 48.4 Å². The number of amides is 1. The molecule has 1 saturated heterocycles. The second-order valence-corrected chi connectivity index (χ2v) is 8.98. The van der Waals surface area contributed by atoms with Gasteiger partial charge in [-0.3, -0.25) is 4.79 Å². The van der Waals surface area contributed by atoms with E-state index in [0.717, 1.165) is 12.0 Å². The molecule has 150 valence electrons. The summed E-state index contributed by atoms with van der Waals surface area (Å²) in [5.41, 5.74) is 6.73. The van der Waals surface area contributed by atoms with Crippen LogP contribution in [0.25, 0.3) is 0 Å². The fraction of sp³-hybridized carbons (Fsp3) is 0.400. The summed E-state index contributed by atoms with van der Waals surface area (Å²) in [6.45, 7) is 6.08. The number of aromatic nitrogens is 1. The largest absolute Gasteiger partial charge is 0.366 e. The topological polar surface area (TPSA) is 96.6 Å². The van der Waals surface area contributed by atoms with Gasteiger partial charge >= 0.3 is 0 Å². The minimum atomic E-state index is -3.51. The van der Waals surface area contributed by atoms with Crippen LogP contribution in [0.4, 0.5) is 5.82 Å². The van der Waals surface area contributed by atoms with Crippen molar-refractivity contribution in [1.29, 1.82) is 0 Å². The molecule has 0 unspecified atom stereocenters. The number of carbonyl (C=O) groups is 1. The van der Waals surface area contributed by atoms with Gasteiger partial charge in [0.2, 0.25) is 15.9 Å². The van der Waals surface area contributed by atoms with E-state index < -0.39 is 15.9 Å². The third-order valence-electron chi connectivity index (χ3n) is 5.29. The average Bonchev–Trinajstić information content (AvgIpc) is 2.73. The highest BCUT2D eigenvalue weighted by atomic mass is 32.2. The van der Waals surface area contributed by atoms with Crippen molar-refractivity contribution in [3.8, 4) is 0 Å². The van der Waals surface area contributed by atoms with Crippen molar-refractivity contribution in [1.82, 2.24) is 9.29 Å². The van der Waals surface area contributed by atoms with E-state index in [4.69, 9.17) is 5.73 Å². The Balaban J connectivity index is 1.67. The van der Waals surface area contributed by atoms with Gasteiger partial charge in [-0.2, -0.15) is 4.31 Å². The molecule has 7 nitrogen and oxygen atoms in total. The summed E-state index contributed by atoms with van der Waals surface area (Å²) in [7, 11) is -3.51. The number of benzene rings is 1. The van der Waals surface area contributed by atoms with Gasteiger partial charge in [0.1, 0.15) is 5.82 Å². The standard InChI is InChI=1S/C20H26N4O3S/c1-3-15(2)16-4-7-18(8-5-16)28(26,27)24-12-10-23(11-13-24)19-9-6-17(14-22-19)20(21)25/h4-9,14-15H,3,10-13H2,1-2H3,(H2,21,25)/t15-/m1/s1. The van der Waals surface area contributed by atoms with Crippen molar-refractivity contribution in [3.63, 3.8) is 0 Å². The first-order valence-corrected chi connectivity index (χ1v) is 10.9. The number of hydrogen-bond donors (Lipinski definition) is 1.